The number of ether oxygens (including phenoxy) is 1. The molecule has 0 aliphatic heterocycles. The van der Waals surface area contributed by atoms with Crippen LogP contribution in [0.5, 0.6) is 0 Å². The number of hydrogen-bond acceptors (Lipinski definition) is 6. The highest BCUT2D eigenvalue weighted by Crippen LogP contribution is 2.11. The van der Waals surface area contributed by atoms with E-state index in [9.17, 15) is 9.59 Å². The number of nitrogens with one attached hydrogen (secondary N) is 1. The summed E-state index contributed by atoms with van der Waals surface area (Å²) >= 11 is 1.09. The molecule has 106 valence electrons. The number of carbonyl (C=O) groups excluding carboxylic acids is 2. The van der Waals surface area contributed by atoms with E-state index in [4.69, 9.17) is 4.74 Å². The zero-order chi connectivity index (χ0) is 14.5. The van der Waals surface area contributed by atoms with Crippen LogP contribution in [0.3, 0.4) is 0 Å². The third kappa shape index (κ3) is 3.21. The van der Waals surface area contributed by atoms with E-state index >= 15 is 0 Å². The molecular formula is C12H14N4O3S. The molecule has 8 heteroatoms. The van der Waals surface area contributed by atoms with Crippen LogP contribution < -0.4 is 5.32 Å². The summed E-state index contributed by atoms with van der Waals surface area (Å²) < 4.78 is 6.49. The van der Waals surface area contributed by atoms with E-state index in [0.717, 1.165) is 17.0 Å². The minimum absolute atomic E-state index is 0.178. The number of aryl methyl sites for hydroxylation is 1. The average Bonchev–Trinajstić information content (AvgIpc) is 3.05. The normalized spacial score (nSPS) is 10.3. The molecule has 0 bridgehead atoms. The summed E-state index contributed by atoms with van der Waals surface area (Å²) in [5, 5.41) is 8.44. The Balaban J connectivity index is 1.96. The SMILES string of the molecule is CCOC(=O)c1nc(C(=O)NCc2ccnn2C)cs1. The van der Waals surface area contributed by atoms with Crippen LogP contribution in [0, 0.1) is 0 Å². The predicted octanol–water partition coefficient (Wildman–Crippen LogP) is 0.983. The van der Waals surface area contributed by atoms with Crippen molar-refractivity contribution in [2.24, 2.45) is 7.05 Å². The fraction of sp³-hybridized carbons (Fsp3) is 0.333. The molecule has 0 unspecified atom stereocenters. The number of hydrogen-bond donors (Lipinski definition) is 1. The van der Waals surface area contributed by atoms with Gasteiger partial charge in [0.15, 0.2) is 0 Å². The van der Waals surface area contributed by atoms with Crippen molar-refractivity contribution in [2.75, 3.05) is 6.61 Å². The van der Waals surface area contributed by atoms with Crippen molar-refractivity contribution in [3.8, 4) is 0 Å². The van der Waals surface area contributed by atoms with Crippen LogP contribution in [0.1, 0.15) is 32.9 Å². The standard InChI is InChI=1S/C12H14N4O3S/c1-3-19-12(18)11-15-9(7-20-11)10(17)13-6-8-4-5-14-16(8)2/h4-5,7H,3,6H2,1-2H3,(H,13,17). The van der Waals surface area contributed by atoms with Gasteiger partial charge in [0.1, 0.15) is 5.69 Å². The first kappa shape index (κ1) is 14.2. The van der Waals surface area contributed by atoms with Gasteiger partial charge in [-0.2, -0.15) is 5.10 Å². The topological polar surface area (TPSA) is 86.1 Å². The first-order valence-corrected chi connectivity index (χ1v) is 6.87. The molecule has 0 radical (unpaired) electrons. The van der Waals surface area contributed by atoms with Gasteiger partial charge in [0.25, 0.3) is 5.91 Å². The van der Waals surface area contributed by atoms with Crippen molar-refractivity contribution in [3.05, 3.63) is 34.0 Å². The Morgan fingerprint density at radius 2 is 2.30 bits per heavy atom. The molecule has 0 atom stereocenters. The molecule has 2 rings (SSSR count). The number of rotatable bonds is 5. The smallest absolute Gasteiger partial charge is 0.367 e. The minimum Gasteiger partial charge on any atom is -0.461 e. The maximum Gasteiger partial charge on any atom is 0.367 e. The summed E-state index contributed by atoms with van der Waals surface area (Å²) in [6.45, 7) is 2.34. The van der Waals surface area contributed by atoms with Crippen LogP contribution in [-0.4, -0.2) is 33.2 Å². The van der Waals surface area contributed by atoms with Gasteiger partial charge in [-0.3, -0.25) is 9.48 Å². The highest BCUT2D eigenvalue weighted by atomic mass is 32.1. The summed E-state index contributed by atoms with van der Waals surface area (Å²) in [5.41, 5.74) is 1.08. The Morgan fingerprint density at radius 1 is 1.50 bits per heavy atom. The van der Waals surface area contributed by atoms with Gasteiger partial charge in [0.2, 0.25) is 5.01 Å². The van der Waals surface area contributed by atoms with E-state index in [1.165, 1.54) is 5.38 Å². The predicted molar refractivity (Wildman–Crippen MR) is 72.4 cm³/mol. The summed E-state index contributed by atoms with van der Waals surface area (Å²) in [7, 11) is 1.79. The second kappa shape index (κ2) is 6.29. The molecule has 0 aliphatic rings. The van der Waals surface area contributed by atoms with Crippen molar-refractivity contribution >= 4 is 23.2 Å². The summed E-state index contributed by atoms with van der Waals surface area (Å²) in [6.07, 6.45) is 1.66. The number of amides is 1. The Kier molecular flexibility index (Phi) is 4.46. The minimum atomic E-state index is -0.511. The lowest BCUT2D eigenvalue weighted by Gasteiger charge is -2.03. The van der Waals surface area contributed by atoms with Gasteiger partial charge in [-0.1, -0.05) is 0 Å². The largest absolute Gasteiger partial charge is 0.461 e. The molecule has 1 amide bonds. The first-order valence-electron chi connectivity index (χ1n) is 5.99. The molecule has 7 nitrogen and oxygen atoms in total. The lowest BCUT2D eigenvalue weighted by atomic mass is 10.4. The number of thiazole rings is 1. The van der Waals surface area contributed by atoms with Crippen LogP contribution in [0.25, 0.3) is 0 Å². The maximum absolute atomic E-state index is 11.9. The molecule has 0 saturated carbocycles. The Morgan fingerprint density at radius 3 is 2.95 bits per heavy atom. The van der Waals surface area contributed by atoms with E-state index in [2.05, 4.69) is 15.4 Å². The van der Waals surface area contributed by atoms with Crippen molar-refractivity contribution in [1.29, 1.82) is 0 Å². The van der Waals surface area contributed by atoms with Crippen molar-refractivity contribution in [1.82, 2.24) is 20.1 Å². The third-order valence-corrected chi connectivity index (χ3v) is 3.36. The fourth-order valence-corrected chi connectivity index (χ4v) is 2.19. The van der Waals surface area contributed by atoms with Gasteiger partial charge in [-0.05, 0) is 13.0 Å². The molecule has 2 aromatic rings. The van der Waals surface area contributed by atoms with Gasteiger partial charge in [0.05, 0.1) is 18.8 Å². The highest BCUT2D eigenvalue weighted by Gasteiger charge is 2.16. The number of esters is 1. The summed E-state index contributed by atoms with van der Waals surface area (Å²) in [5.74, 6) is -0.846. The van der Waals surface area contributed by atoms with E-state index < -0.39 is 5.97 Å². The number of carbonyl (C=O) groups is 2. The summed E-state index contributed by atoms with van der Waals surface area (Å²) in [4.78, 5) is 27.3. The molecule has 20 heavy (non-hydrogen) atoms. The van der Waals surface area contributed by atoms with Crippen LogP contribution in [0.15, 0.2) is 17.6 Å². The van der Waals surface area contributed by atoms with Crippen LogP contribution in [-0.2, 0) is 18.3 Å². The van der Waals surface area contributed by atoms with Crippen LogP contribution >= 0.6 is 11.3 Å². The second-order valence-corrected chi connectivity index (χ2v) is 4.75. The summed E-state index contributed by atoms with van der Waals surface area (Å²) in [6, 6.07) is 1.81. The van der Waals surface area contributed by atoms with Crippen molar-refractivity contribution in [2.45, 2.75) is 13.5 Å². The fourth-order valence-electron chi connectivity index (χ4n) is 1.50. The van der Waals surface area contributed by atoms with Gasteiger partial charge < -0.3 is 10.1 Å². The third-order valence-electron chi connectivity index (χ3n) is 2.54. The van der Waals surface area contributed by atoms with E-state index in [1.807, 2.05) is 6.07 Å². The van der Waals surface area contributed by atoms with Crippen LogP contribution in [0.2, 0.25) is 0 Å². The lowest BCUT2D eigenvalue weighted by molar-refractivity contribution is 0.0526. The monoisotopic (exact) mass is 294 g/mol. The van der Waals surface area contributed by atoms with Gasteiger partial charge >= 0.3 is 5.97 Å². The first-order chi connectivity index (χ1) is 9.61. The second-order valence-electron chi connectivity index (χ2n) is 3.89. The molecule has 0 spiro atoms. The van der Waals surface area contributed by atoms with Crippen molar-refractivity contribution in [3.63, 3.8) is 0 Å². The molecule has 0 aliphatic carbocycles. The quantitative estimate of drug-likeness (QED) is 0.831. The zero-order valence-electron chi connectivity index (χ0n) is 11.1. The average molecular weight is 294 g/mol. The van der Waals surface area contributed by atoms with Gasteiger partial charge in [-0.15, -0.1) is 11.3 Å². The molecule has 2 aromatic heterocycles. The Bertz CT molecular complexity index is 620. The van der Waals surface area contributed by atoms with E-state index in [-0.39, 0.29) is 23.2 Å². The number of nitrogens with zero attached hydrogens (tertiary/aromatic N) is 3. The number of aromatic nitrogens is 3. The van der Waals surface area contributed by atoms with Gasteiger partial charge in [0, 0.05) is 18.6 Å². The Labute approximate surface area is 119 Å². The van der Waals surface area contributed by atoms with Crippen molar-refractivity contribution < 1.29 is 14.3 Å². The van der Waals surface area contributed by atoms with E-state index in [1.54, 1.807) is 24.9 Å². The maximum atomic E-state index is 11.9. The highest BCUT2D eigenvalue weighted by molar-refractivity contribution is 7.11. The molecule has 1 N–H and O–H groups in total. The molecule has 0 aromatic carbocycles. The zero-order valence-corrected chi connectivity index (χ0v) is 11.9. The van der Waals surface area contributed by atoms with E-state index in [0.29, 0.717) is 6.54 Å². The molecule has 0 fully saturated rings. The molecular weight excluding hydrogens is 280 g/mol. The van der Waals surface area contributed by atoms with Crippen LogP contribution in [0.4, 0.5) is 0 Å². The molecule has 2 heterocycles. The molecule has 0 saturated heterocycles. The Hall–Kier alpha value is -2.22. The van der Waals surface area contributed by atoms with Gasteiger partial charge in [-0.25, -0.2) is 9.78 Å². The lowest BCUT2D eigenvalue weighted by Crippen LogP contribution is -2.24.